The predicted octanol–water partition coefficient (Wildman–Crippen LogP) is -0.0834. The van der Waals surface area contributed by atoms with E-state index in [1.54, 1.807) is 0 Å². The van der Waals surface area contributed by atoms with E-state index in [2.05, 4.69) is 10.3 Å². The first-order chi connectivity index (χ1) is 12.9. The Morgan fingerprint density at radius 3 is 2.59 bits per heavy atom. The molecule has 10 heteroatoms. The van der Waals surface area contributed by atoms with E-state index >= 15 is 0 Å². The molecule has 0 aliphatic carbocycles. The number of carbonyl (C=O) groups is 1. The molecular weight excluding hydrogens is 358 g/mol. The first-order valence-electron chi connectivity index (χ1n) is 8.74. The highest BCUT2D eigenvalue weighted by molar-refractivity contribution is 5.87. The summed E-state index contributed by atoms with van der Waals surface area (Å²) >= 11 is 0. The van der Waals surface area contributed by atoms with Gasteiger partial charge in [-0.05, 0) is 12.5 Å². The average molecular weight is 385 g/mol. The molecule has 0 radical (unpaired) electrons. The number of ether oxygens (including phenoxy) is 4. The molecule has 0 bridgehead atoms. The van der Waals surface area contributed by atoms with Gasteiger partial charge in [-0.15, -0.1) is 0 Å². The van der Waals surface area contributed by atoms with Gasteiger partial charge in [0, 0.05) is 27.3 Å². The molecule has 1 aromatic rings. The minimum atomic E-state index is -0.932. The molecule has 2 rings (SSSR count). The van der Waals surface area contributed by atoms with Crippen molar-refractivity contribution < 1.29 is 28.8 Å². The smallest absolute Gasteiger partial charge is 0.351 e. The SMILES string of the molecule is CC[C@H]1O[C@@H](n2ccc(NC(C)=O)nc2=O)C(OC(COC)COC)[C@H]1O. The zero-order valence-corrected chi connectivity index (χ0v) is 16.0. The van der Waals surface area contributed by atoms with Crippen LogP contribution in [0.1, 0.15) is 26.5 Å². The maximum Gasteiger partial charge on any atom is 0.351 e. The van der Waals surface area contributed by atoms with Gasteiger partial charge in [0.05, 0.1) is 19.3 Å². The first-order valence-corrected chi connectivity index (χ1v) is 8.74. The second-order valence-corrected chi connectivity index (χ2v) is 6.28. The van der Waals surface area contributed by atoms with Gasteiger partial charge in [0.2, 0.25) is 5.91 Å². The molecule has 27 heavy (non-hydrogen) atoms. The number of nitrogens with one attached hydrogen (secondary N) is 1. The largest absolute Gasteiger partial charge is 0.388 e. The molecule has 4 atom stereocenters. The van der Waals surface area contributed by atoms with Crippen LogP contribution in [0.25, 0.3) is 0 Å². The second-order valence-electron chi connectivity index (χ2n) is 6.28. The highest BCUT2D eigenvalue weighted by Gasteiger charge is 2.46. The molecule has 1 fully saturated rings. The summed E-state index contributed by atoms with van der Waals surface area (Å²) in [5, 5.41) is 13.1. The van der Waals surface area contributed by atoms with E-state index in [1.807, 2.05) is 6.92 Å². The Hall–Kier alpha value is -1.85. The van der Waals surface area contributed by atoms with Gasteiger partial charge in [0.15, 0.2) is 6.23 Å². The third kappa shape index (κ3) is 5.33. The quantitative estimate of drug-likeness (QED) is 0.605. The van der Waals surface area contributed by atoms with Gasteiger partial charge in [-0.2, -0.15) is 4.98 Å². The van der Waals surface area contributed by atoms with E-state index in [4.69, 9.17) is 18.9 Å². The molecule has 0 saturated carbocycles. The molecule has 1 aromatic heterocycles. The van der Waals surface area contributed by atoms with E-state index < -0.39 is 36.3 Å². The number of methoxy groups -OCH3 is 2. The third-order valence-electron chi connectivity index (χ3n) is 4.18. The van der Waals surface area contributed by atoms with Crippen LogP contribution in [0, 0.1) is 0 Å². The number of nitrogens with zero attached hydrogens (tertiary/aromatic N) is 2. The van der Waals surface area contributed by atoms with Crippen molar-refractivity contribution in [1.82, 2.24) is 9.55 Å². The summed E-state index contributed by atoms with van der Waals surface area (Å²) in [5.41, 5.74) is -0.626. The second kappa shape index (κ2) is 9.90. The maximum absolute atomic E-state index is 12.4. The van der Waals surface area contributed by atoms with Crippen LogP contribution < -0.4 is 11.0 Å². The number of hydrogen-bond acceptors (Lipinski definition) is 8. The van der Waals surface area contributed by atoms with Crippen molar-refractivity contribution in [2.45, 2.75) is 50.9 Å². The molecular formula is C17H27N3O7. The summed E-state index contributed by atoms with van der Waals surface area (Å²) in [6.45, 7) is 3.71. The van der Waals surface area contributed by atoms with E-state index in [1.165, 1.54) is 38.0 Å². The van der Waals surface area contributed by atoms with Crippen molar-refractivity contribution in [1.29, 1.82) is 0 Å². The molecule has 1 amide bonds. The molecule has 2 heterocycles. The summed E-state index contributed by atoms with van der Waals surface area (Å²) < 4.78 is 23.3. The number of aliphatic hydroxyl groups excluding tert-OH is 1. The van der Waals surface area contributed by atoms with Crippen molar-refractivity contribution in [3.63, 3.8) is 0 Å². The molecule has 2 N–H and O–H groups in total. The topological polar surface area (TPSA) is 121 Å². The molecule has 0 aromatic carbocycles. The number of aromatic nitrogens is 2. The van der Waals surface area contributed by atoms with Crippen LogP contribution in [0.3, 0.4) is 0 Å². The van der Waals surface area contributed by atoms with Crippen LogP contribution in [-0.2, 0) is 23.7 Å². The maximum atomic E-state index is 12.4. The fourth-order valence-electron chi connectivity index (χ4n) is 3.00. The monoisotopic (exact) mass is 385 g/mol. The first kappa shape index (κ1) is 21.5. The summed E-state index contributed by atoms with van der Waals surface area (Å²) in [5.74, 6) is -0.190. The van der Waals surface area contributed by atoms with Gasteiger partial charge in [-0.25, -0.2) is 4.79 Å². The normalized spacial score (nSPS) is 25.1. The van der Waals surface area contributed by atoms with Crippen LogP contribution in [0.4, 0.5) is 5.82 Å². The highest BCUT2D eigenvalue weighted by Crippen LogP contribution is 2.33. The Kier molecular flexibility index (Phi) is 7.87. The van der Waals surface area contributed by atoms with E-state index in [9.17, 15) is 14.7 Å². The van der Waals surface area contributed by atoms with Gasteiger partial charge >= 0.3 is 5.69 Å². The van der Waals surface area contributed by atoms with Crippen LogP contribution in [0.2, 0.25) is 0 Å². The Bertz CT molecular complexity index is 675. The third-order valence-corrected chi connectivity index (χ3v) is 4.18. The summed E-state index contributed by atoms with van der Waals surface area (Å²) in [6, 6.07) is 1.48. The summed E-state index contributed by atoms with van der Waals surface area (Å²) in [4.78, 5) is 27.4. The van der Waals surface area contributed by atoms with E-state index in [0.717, 1.165) is 0 Å². The number of hydrogen-bond donors (Lipinski definition) is 2. The van der Waals surface area contributed by atoms with Crippen molar-refractivity contribution >= 4 is 11.7 Å². The fraction of sp³-hybridized carbons (Fsp3) is 0.706. The fourth-order valence-corrected chi connectivity index (χ4v) is 3.00. The Morgan fingerprint density at radius 2 is 2.07 bits per heavy atom. The lowest BCUT2D eigenvalue weighted by atomic mass is 10.1. The van der Waals surface area contributed by atoms with Gasteiger partial charge in [-0.3, -0.25) is 9.36 Å². The van der Waals surface area contributed by atoms with Gasteiger partial charge in [-0.1, -0.05) is 6.92 Å². The van der Waals surface area contributed by atoms with Crippen molar-refractivity contribution in [2.75, 3.05) is 32.8 Å². The van der Waals surface area contributed by atoms with Crippen molar-refractivity contribution in [3.8, 4) is 0 Å². The highest BCUT2D eigenvalue weighted by atomic mass is 16.6. The summed E-state index contributed by atoms with van der Waals surface area (Å²) in [7, 11) is 3.07. The lowest BCUT2D eigenvalue weighted by Crippen LogP contribution is -2.42. The molecule has 152 valence electrons. The Morgan fingerprint density at radius 1 is 1.41 bits per heavy atom. The number of aliphatic hydroxyl groups is 1. The number of amides is 1. The zero-order valence-electron chi connectivity index (χ0n) is 16.0. The minimum Gasteiger partial charge on any atom is -0.388 e. The average Bonchev–Trinajstić information content (AvgIpc) is 2.91. The van der Waals surface area contributed by atoms with E-state index in [-0.39, 0.29) is 24.9 Å². The molecule has 1 saturated heterocycles. The van der Waals surface area contributed by atoms with Crippen molar-refractivity contribution in [3.05, 3.63) is 22.7 Å². The predicted molar refractivity (Wildman–Crippen MR) is 95.4 cm³/mol. The number of rotatable bonds is 9. The minimum absolute atomic E-state index is 0.142. The lowest BCUT2D eigenvalue weighted by molar-refractivity contribution is -0.132. The molecule has 1 unspecified atom stereocenters. The van der Waals surface area contributed by atoms with Crippen LogP contribution >= 0.6 is 0 Å². The van der Waals surface area contributed by atoms with Gasteiger partial charge in [0.25, 0.3) is 0 Å². The van der Waals surface area contributed by atoms with Crippen molar-refractivity contribution in [2.24, 2.45) is 0 Å². The Balaban J connectivity index is 2.28. The molecule has 10 nitrogen and oxygen atoms in total. The van der Waals surface area contributed by atoms with E-state index in [0.29, 0.717) is 6.42 Å². The lowest BCUT2D eigenvalue weighted by Gasteiger charge is -2.27. The Labute approximate surface area is 157 Å². The van der Waals surface area contributed by atoms with Crippen LogP contribution in [0.5, 0.6) is 0 Å². The molecule has 0 spiro atoms. The number of carbonyl (C=O) groups excluding carboxylic acids is 1. The molecule has 1 aliphatic rings. The van der Waals surface area contributed by atoms with Crippen LogP contribution in [-0.4, -0.2) is 72.4 Å². The van der Waals surface area contributed by atoms with Crippen LogP contribution in [0.15, 0.2) is 17.1 Å². The number of anilines is 1. The van der Waals surface area contributed by atoms with Gasteiger partial charge in [0.1, 0.15) is 24.1 Å². The standard InChI is InChI=1S/C17H27N3O7/c1-5-12-14(22)15(26-11(8-24-3)9-25-4)16(27-12)20-7-6-13(18-10(2)21)19-17(20)23/h6-7,11-12,14-16,22H,5,8-9H2,1-4H3,(H,18,19,21,23)/t12-,14+,15?,16-/m1/s1. The molecule has 1 aliphatic heterocycles. The van der Waals surface area contributed by atoms with Gasteiger partial charge < -0.3 is 29.4 Å². The zero-order chi connectivity index (χ0) is 20.0. The summed E-state index contributed by atoms with van der Waals surface area (Å²) in [6.07, 6.45) is -1.55.